The fourth-order valence-corrected chi connectivity index (χ4v) is 8.13. The number of amides is 2. The van der Waals surface area contributed by atoms with Crippen LogP contribution in [-0.2, 0) is 31.0 Å². The molecule has 12 nitrogen and oxygen atoms in total. The third kappa shape index (κ3) is 7.27. The molecule has 3 N–H and O–H groups in total. The van der Waals surface area contributed by atoms with Crippen molar-refractivity contribution in [2.75, 3.05) is 26.7 Å². The second kappa shape index (κ2) is 13.8. The van der Waals surface area contributed by atoms with Crippen LogP contribution in [0.15, 0.2) is 60.2 Å². The SMILES string of the molecule is CCN(CC1=C(c2ccc([N+](=O)[O-])cc2)S(=O)(=O)N(C)C12CCCCC2)C(=O)[C@@H](COCc1ccccc1)NC(=O)C(C)(C)N. The van der Waals surface area contributed by atoms with Gasteiger partial charge in [-0.2, -0.15) is 4.31 Å². The largest absolute Gasteiger partial charge is 0.374 e. The lowest BCUT2D eigenvalue weighted by Gasteiger charge is -2.42. The Morgan fingerprint density at radius 1 is 1.11 bits per heavy atom. The van der Waals surface area contributed by atoms with Crippen LogP contribution >= 0.6 is 0 Å². The molecular weight excluding hydrogens is 598 g/mol. The smallest absolute Gasteiger partial charge is 0.269 e. The zero-order valence-electron chi connectivity index (χ0n) is 26.3. The lowest BCUT2D eigenvalue weighted by molar-refractivity contribution is -0.384. The Hall–Kier alpha value is -3.65. The first-order valence-electron chi connectivity index (χ1n) is 15.2. The minimum Gasteiger partial charge on any atom is -0.374 e. The molecule has 1 saturated carbocycles. The molecule has 45 heavy (non-hydrogen) atoms. The van der Waals surface area contributed by atoms with E-state index in [0.29, 0.717) is 24.0 Å². The number of nitrogens with two attached hydrogens (primary N) is 1. The van der Waals surface area contributed by atoms with E-state index in [1.54, 1.807) is 27.8 Å². The number of nitrogens with one attached hydrogen (secondary N) is 1. The maximum atomic E-state index is 14.2. The Bertz CT molecular complexity index is 1530. The molecule has 1 atom stereocenters. The van der Waals surface area contributed by atoms with Crippen LogP contribution in [0, 0.1) is 10.1 Å². The van der Waals surface area contributed by atoms with Gasteiger partial charge in [-0.3, -0.25) is 19.7 Å². The van der Waals surface area contributed by atoms with Crippen molar-refractivity contribution in [3.63, 3.8) is 0 Å². The van der Waals surface area contributed by atoms with Crippen molar-refractivity contribution in [2.24, 2.45) is 5.73 Å². The van der Waals surface area contributed by atoms with Crippen LogP contribution in [0.3, 0.4) is 0 Å². The summed E-state index contributed by atoms with van der Waals surface area (Å²) in [5.74, 6) is -0.963. The number of sulfonamides is 1. The van der Waals surface area contributed by atoms with E-state index >= 15 is 0 Å². The van der Waals surface area contributed by atoms with Crippen molar-refractivity contribution in [1.82, 2.24) is 14.5 Å². The number of nitro benzene ring substituents is 1. The summed E-state index contributed by atoms with van der Waals surface area (Å²) in [6.07, 6.45) is 3.76. The summed E-state index contributed by atoms with van der Waals surface area (Å²) >= 11 is 0. The summed E-state index contributed by atoms with van der Waals surface area (Å²) in [7, 11) is -2.43. The van der Waals surface area contributed by atoms with E-state index in [4.69, 9.17) is 10.5 Å². The summed E-state index contributed by atoms with van der Waals surface area (Å²) in [6, 6.07) is 13.8. The second-order valence-corrected chi connectivity index (χ2v) is 14.2. The number of ether oxygens (including phenoxy) is 1. The highest BCUT2D eigenvalue weighted by Crippen LogP contribution is 2.51. The number of nitro groups is 1. The second-order valence-electron chi connectivity index (χ2n) is 12.3. The van der Waals surface area contributed by atoms with Crippen molar-refractivity contribution in [3.05, 3.63) is 81.4 Å². The molecule has 2 aromatic rings. The van der Waals surface area contributed by atoms with Gasteiger partial charge in [0, 0.05) is 32.3 Å². The van der Waals surface area contributed by atoms with Gasteiger partial charge in [-0.05, 0) is 62.4 Å². The number of carbonyl (C=O) groups is 2. The molecule has 0 bridgehead atoms. The quantitative estimate of drug-likeness (QED) is 0.262. The van der Waals surface area contributed by atoms with Gasteiger partial charge < -0.3 is 20.7 Å². The number of hydrogen-bond acceptors (Lipinski definition) is 8. The maximum Gasteiger partial charge on any atom is 0.269 e. The van der Waals surface area contributed by atoms with E-state index in [1.807, 2.05) is 30.3 Å². The van der Waals surface area contributed by atoms with Crippen molar-refractivity contribution in [1.29, 1.82) is 0 Å². The average Bonchev–Trinajstić information content (AvgIpc) is 3.16. The molecule has 13 heteroatoms. The van der Waals surface area contributed by atoms with Gasteiger partial charge in [0.25, 0.3) is 5.69 Å². The Kier molecular flexibility index (Phi) is 10.5. The van der Waals surface area contributed by atoms with E-state index in [-0.39, 0.29) is 36.9 Å². The molecule has 244 valence electrons. The highest BCUT2D eigenvalue weighted by Gasteiger charge is 2.54. The van der Waals surface area contributed by atoms with Gasteiger partial charge in [-0.25, -0.2) is 8.42 Å². The van der Waals surface area contributed by atoms with Crippen LogP contribution < -0.4 is 11.1 Å². The lowest BCUT2D eigenvalue weighted by Crippen LogP contribution is -2.58. The molecule has 0 unspecified atom stereocenters. The summed E-state index contributed by atoms with van der Waals surface area (Å²) in [6.45, 7) is 5.19. The summed E-state index contributed by atoms with van der Waals surface area (Å²) in [4.78, 5) is 39.5. The predicted molar refractivity (Wildman–Crippen MR) is 171 cm³/mol. The number of rotatable bonds is 12. The molecule has 4 rings (SSSR count). The first-order chi connectivity index (χ1) is 21.2. The molecule has 1 aliphatic carbocycles. The van der Waals surface area contributed by atoms with Gasteiger partial charge in [0.15, 0.2) is 0 Å². The molecule has 1 heterocycles. The zero-order valence-corrected chi connectivity index (χ0v) is 27.1. The van der Waals surface area contributed by atoms with Crippen molar-refractivity contribution >= 4 is 32.4 Å². The van der Waals surface area contributed by atoms with Gasteiger partial charge in [0.05, 0.1) is 34.1 Å². The average molecular weight is 642 g/mol. The van der Waals surface area contributed by atoms with Crippen LogP contribution in [0.1, 0.15) is 64.0 Å². The number of hydrogen-bond donors (Lipinski definition) is 2. The van der Waals surface area contributed by atoms with Gasteiger partial charge in [-0.15, -0.1) is 0 Å². The van der Waals surface area contributed by atoms with Crippen molar-refractivity contribution in [3.8, 4) is 0 Å². The van der Waals surface area contributed by atoms with Crippen LogP contribution in [0.25, 0.3) is 4.91 Å². The van der Waals surface area contributed by atoms with Crippen LogP contribution in [0.5, 0.6) is 0 Å². The topological polar surface area (TPSA) is 165 Å². The summed E-state index contributed by atoms with van der Waals surface area (Å²) in [5.41, 5.74) is 5.59. The Balaban J connectivity index is 1.73. The standard InChI is InChI=1S/C32H43N5O7S/c1-5-36(29(38)27(34-30(39)31(2,3)33)22-44-21-23-12-8-6-9-13-23)20-26-28(24-14-16-25(17-15-24)37(40)41)45(42,43)35(4)32(26)18-10-7-11-19-32/h6,8-9,12-17,27H,5,7,10-11,18-22,33H2,1-4H3,(H,34,39)/t27-/m1/s1. The normalized spacial score (nSPS) is 18.5. The Labute approximate surface area is 264 Å². The molecule has 0 saturated heterocycles. The number of nitrogens with zero attached hydrogens (tertiary/aromatic N) is 3. The molecule has 1 spiro atoms. The van der Waals surface area contributed by atoms with Gasteiger partial charge in [0.2, 0.25) is 21.8 Å². The first-order valence-corrected chi connectivity index (χ1v) is 16.6. The van der Waals surface area contributed by atoms with Crippen molar-refractivity contribution < 1.29 is 27.7 Å². The van der Waals surface area contributed by atoms with Crippen LogP contribution in [-0.4, -0.2) is 78.2 Å². The predicted octanol–water partition coefficient (Wildman–Crippen LogP) is 3.57. The number of carbonyl (C=O) groups excluding carboxylic acids is 2. The minimum absolute atomic E-state index is 0.0116. The number of likely N-dealkylation sites (N-methyl/N-ethyl adjacent to an activating group) is 2. The highest BCUT2D eigenvalue weighted by molar-refractivity contribution is 7.98. The third-order valence-corrected chi connectivity index (χ3v) is 10.8. The molecule has 0 radical (unpaired) electrons. The number of benzene rings is 2. The zero-order chi connectivity index (χ0) is 33.0. The van der Waals surface area contributed by atoms with E-state index in [1.165, 1.54) is 33.5 Å². The fraction of sp³-hybridized carbons (Fsp3) is 0.500. The third-order valence-electron chi connectivity index (χ3n) is 8.71. The molecule has 1 fully saturated rings. The summed E-state index contributed by atoms with van der Waals surface area (Å²) < 4.78 is 35.4. The van der Waals surface area contributed by atoms with Gasteiger partial charge >= 0.3 is 0 Å². The molecule has 2 amide bonds. The minimum atomic E-state index is -4.00. The maximum absolute atomic E-state index is 14.2. The van der Waals surface area contributed by atoms with Gasteiger partial charge in [0.1, 0.15) is 6.04 Å². The van der Waals surface area contributed by atoms with Crippen LogP contribution in [0.2, 0.25) is 0 Å². The lowest BCUT2D eigenvalue weighted by atomic mass is 9.75. The molecular formula is C32H43N5O7S. The van der Waals surface area contributed by atoms with Crippen molar-refractivity contribution in [2.45, 2.75) is 76.6 Å². The molecule has 2 aromatic carbocycles. The molecule has 0 aromatic heterocycles. The van der Waals surface area contributed by atoms with E-state index in [9.17, 15) is 28.1 Å². The highest BCUT2D eigenvalue weighted by atomic mass is 32.2. The fourth-order valence-electron chi connectivity index (χ4n) is 6.10. The summed E-state index contributed by atoms with van der Waals surface area (Å²) in [5, 5.41) is 14.1. The molecule has 2 aliphatic rings. The Morgan fingerprint density at radius 2 is 1.73 bits per heavy atom. The van der Waals surface area contributed by atoms with Crippen LogP contribution in [0.4, 0.5) is 5.69 Å². The molecule has 1 aliphatic heterocycles. The number of non-ortho nitro benzene ring substituents is 1. The van der Waals surface area contributed by atoms with E-state index in [2.05, 4.69) is 5.32 Å². The first kappa shape index (κ1) is 34.2. The van der Waals surface area contributed by atoms with E-state index in [0.717, 1.165) is 24.8 Å². The van der Waals surface area contributed by atoms with Gasteiger partial charge in [-0.1, -0.05) is 49.6 Å². The van der Waals surface area contributed by atoms with E-state index < -0.39 is 43.9 Å². The monoisotopic (exact) mass is 641 g/mol. The Morgan fingerprint density at radius 3 is 2.29 bits per heavy atom.